The molecule has 0 amide bonds. The van der Waals surface area contributed by atoms with Crippen LogP contribution in [0.5, 0.6) is 0 Å². The van der Waals surface area contributed by atoms with Crippen LogP contribution in [0.25, 0.3) is 0 Å². The molecule has 0 bridgehead atoms. The molecule has 0 heteroatoms. The molecule has 0 spiro atoms. The van der Waals surface area contributed by atoms with Crippen molar-refractivity contribution in [2.75, 3.05) is 0 Å². The lowest BCUT2D eigenvalue weighted by Crippen LogP contribution is -2.12. The third-order valence-corrected chi connectivity index (χ3v) is 2.89. The highest BCUT2D eigenvalue weighted by Crippen LogP contribution is 2.35. The van der Waals surface area contributed by atoms with Gasteiger partial charge in [-0.25, -0.2) is 0 Å². The van der Waals surface area contributed by atoms with Gasteiger partial charge in [-0.1, -0.05) is 62.8 Å². The fourth-order valence-corrected chi connectivity index (χ4v) is 1.99. The Kier molecular flexibility index (Phi) is 3.96. The van der Waals surface area contributed by atoms with Gasteiger partial charge in [0, 0.05) is 5.92 Å². The maximum Gasteiger partial charge on any atom is 0.00476 e. The molecule has 0 saturated carbocycles. The molecule has 88 valence electrons. The quantitative estimate of drug-likeness (QED) is 0.617. The highest BCUT2D eigenvalue weighted by molar-refractivity contribution is 5.30. The molecule has 1 unspecified atom stereocenters. The highest BCUT2D eigenvalue weighted by atomic mass is 14.2. The van der Waals surface area contributed by atoms with Crippen molar-refractivity contribution in [3.8, 4) is 0 Å². The predicted octanol–water partition coefficient (Wildman–Crippen LogP) is 5.09. The zero-order valence-corrected chi connectivity index (χ0v) is 11.3. The second kappa shape index (κ2) is 4.86. The van der Waals surface area contributed by atoms with Gasteiger partial charge >= 0.3 is 0 Å². The number of aryl methyl sites for hydroxylation is 1. The SMILES string of the molecule is C=C(C)C(CC(C)(C)C)c1ccc(C)cc1. The fourth-order valence-electron chi connectivity index (χ4n) is 1.99. The fraction of sp³-hybridized carbons (Fsp3) is 0.500. The van der Waals surface area contributed by atoms with E-state index in [-0.39, 0.29) is 0 Å². The summed E-state index contributed by atoms with van der Waals surface area (Å²) in [4.78, 5) is 0. The summed E-state index contributed by atoms with van der Waals surface area (Å²) in [6.07, 6.45) is 1.16. The van der Waals surface area contributed by atoms with Crippen LogP contribution in [0.3, 0.4) is 0 Å². The molecule has 0 heterocycles. The lowest BCUT2D eigenvalue weighted by Gasteiger charge is -2.27. The van der Waals surface area contributed by atoms with Gasteiger partial charge < -0.3 is 0 Å². The molecular formula is C16H24. The molecule has 0 aliphatic rings. The van der Waals surface area contributed by atoms with E-state index in [0.29, 0.717) is 11.3 Å². The number of rotatable bonds is 3. The van der Waals surface area contributed by atoms with Gasteiger partial charge in [0.25, 0.3) is 0 Å². The van der Waals surface area contributed by atoms with Crippen LogP contribution in [-0.2, 0) is 0 Å². The van der Waals surface area contributed by atoms with Crippen molar-refractivity contribution in [2.24, 2.45) is 5.41 Å². The van der Waals surface area contributed by atoms with Gasteiger partial charge in [-0.2, -0.15) is 0 Å². The minimum absolute atomic E-state index is 0.342. The zero-order valence-electron chi connectivity index (χ0n) is 11.3. The minimum atomic E-state index is 0.342. The second-order valence-electron chi connectivity index (χ2n) is 6.07. The molecule has 1 aromatic rings. The molecular weight excluding hydrogens is 192 g/mol. The number of allylic oxidation sites excluding steroid dienone is 1. The number of hydrogen-bond donors (Lipinski definition) is 0. The van der Waals surface area contributed by atoms with Gasteiger partial charge in [-0.15, -0.1) is 0 Å². The van der Waals surface area contributed by atoms with Gasteiger partial charge in [-0.3, -0.25) is 0 Å². The van der Waals surface area contributed by atoms with Crippen molar-refractivity contribution in [3.05, 3.63) is 47.5 Å². The predicted molar refractivity (Wildman–Crippen MR) is 72.8 cm³/mol. The molecule has 1 atom stereocenters. The Hall–Kier alpha value is -1.04. The number of hydrogen-bond acceptors (Lipinski definition) is 0. The number of benzene rings is 1. The van der Waals surface area contributed by atoms with Crippen molar-refractivity contribution < 1.29 is 0 Å². The Labute approximate surface area is 100 Å². The summed E-state index contributed by atoms with van der Waals surface area (Å²) in [6, 6.07) is 8.85. The van der Waals surface area contributed by atoms with Crippen LogP contribution in [0.2, 0.25) is 0 Å². The molecule has 16 heavy (non-hydrogen) atoms. The van der Waals surface area contributed by atoms with Gasteiger partial charge in [0.05, 0.1) is 0 Å². The molecule has 1 rings (SSSR count). The molecule has 0 aliphatic heterocycles. The summed E-state index contributed by atoms with van der Waals surface area (Å²) in [5.74, 6) is 0.487. The van der Waals surface area contributed by atoms with Crippen LogP contribution in [0.1, 0.15) is 51.2 Å². The summed E-state index contributed by atoms with van der Waals surface area (Å²) in [5.41, 5.74) is 4.32. The summed E-state index contributed by atoms with van der Waals surface area (Å²) < 4.78 is 0. The summed E-state index contributed by atoms with van der Waals surface area (Å²) >= 11 is 0. The van der Waals surface area contributed by atoms with E-state index in [9.17, 15) is 0 Å². The first-order valence-corrected chi connectivity index (χ1v) is 6.01. The maximum absolute atomic E-state index is 4.14. The Morgan fingerprint density at radius 3 is 2.06 bits per heavy atom. The van der Waals surface area contributed by atoms with Crippen LogP contribution in [0.15, 0.2) is 36.4 Å². The van der Waals surface area contributed by atoms with Crippen LogP contribution in [0.4, 0.5) is 0 Å². The van der Waals surface area contributed by atoms with E-state index in [1.165, 1.54) is 16.7 Å². The highest BCUT2D eigenvalue weighted by Gasteiger charge is 2.20. The van der Waals surface area contributed by atoms with Crippen molar-refractivity contribution in [1.82, 2.24) is 0 Å². The van der Waals surface area contributed by atoms with Gasteiger partial charge in [0.2, 0.25) is 0 Å². The van der Waals surface area contributed by atoms with Gasteiger partial charge in [-0.05, 0) is 31.2 Å². The van der Waals surface area contributed by atoms with E-state index in [1.807, 2.05) is 0 Å². The van der Waals surface area contributed by atoms with E-state index in [4.69, 9.17) is 0 Å². The Balaban J connectivity index is 2.94. The Bertz CT molecular complexity index is 349. The first-order valence-electron chi connectivity index (χ1n) is 6.01. The van der Waals surface area contributed by atoms with E-state index >= 15 is 0 Å². The topological polar surface area (TPSA) is 0 Å². The van der Waals surface area contributed by atoms with Crippen molar-refractivity contribution in [2.45, 2.75) is 47.0 Å². The lowest BCUT2D eigenvalue weighted by molar-refractivity contribution is 0.355. The molecule has 0 N–H and O–H groups in total. The lowest BCUT2D eigenvalue weighted by atomic mass is 9.78. The first-order chi connectivity index (χ1) is 7.29. The van der Waals surface area contributed by atoms with Gasteiger partial charge in [0.1, 0.15) is 0 Å². The van der Waals surface area contributed by atoms with Crippen molar-refractivity contribution in [3.63, 3.8) is 0 Å². The Morgan fingerprint density at radius 1 is 1.19 bits per heavy atom. The summed E-state index contributed by atoms with van der Waals surface area (Å²) in [7, 11) is 0. The van der Waals surface area contributed by atoms with Crippen LogP contribution in [0, 0.1) is 12.3 Å². The smallest absolute Gasteiger partial charge is 0.00476 e. The molecule has 0 nitrogen and oxygen atoms in total. The van der Waals surface area contributed by atoms with Gasteiger partial charge in [0.15, 0.2) is 0 Å². The van der Waals surface area contributed by atoms with E-state index in [0.717, 1.165) is 6.42 Å². The minimum Gasteiger partial charge on any atom is -0.0995 e. The maximum atomic E-state index is 4.14. The molecule has 0 radical (unpaired) electrons. The summed E-state index contributed by atoms with van der Waals surface area (Å²) in [5, 5.41) is 0. The van der Waals surface area contributed by atoms with E-state index < -0.39 is 0 Å². The van der Waals surface area contributed by atoms with E-state index in [2.05, 4.69) is 65.5 Å². The second-order valence-corrected chi connectivity index (χ2v) is 6.07. The first kappa shape index (κ1) is 13.0. The van der Waals surface area contributed by atoms with Crippen LogP contribution < -0.4 is 0 Å². The molecule has 0 fully saturated rings. The normalized spacial score (nSPS) is 13.6. The van der Waals surface area contributed by atoms with Crippen LogP contribution in [-0.4, -0.2) is 0 Å². The molecule has 0 aliphatic carbocycles. The zero-order chi connectivity index (χ0) is 12.3. The average Bonchev–Trinajstić information content (AvgIpc) is 2.14. The largest absolute Gasteiger partial charge is 0.0995 e. The van der Waals surface area contributed by atoms with E-state index in [1.54, 1.807) is 0 Å². The Morgan fingerprint density at radius 2 is 1.69 bits per heavy atom. The molecule has 0 aromatic heterocycles. The van der Waals surface area contributed by atoms with Crippen molar-refractivity contribution in [1.29, 1.82) is 0 Å². The third kappa shape index (κ3) is 3.84. The van der Waals surface area contributed by atoms with Crippen molar-refractivity contribution >= 4 is 0 Å². The van der Waals surface area contributed by atoms with Crippen LogP contribution >= 0.6 is 0 Å². The summed E-state index contributed by atoms with van der Waals surface area (Å²) in [6.45, 7) is 15.3. The third-order valence-electron chi connectivity index (χ3n) is 2.89. The monoisotopic (exact) mass is 216 g/mol. The molecule has 1 aromatic carbocycles. The molecule has 0 saturated heterocycles. The standard InChI is InChI=1S/C16H24/c1-12(2)15(11-16(4,5)6)14-9-7-13(3)8-10-14/h7-10,15H,1,11H2,2-6H3. The average molecular weight is 216 g/mol.